The van der Waals surface area contributed by atoms with Gasteiger partial charge in [0.05, 0.1) is 29.2 Å². The number of hydrogen-bond acceptors (Lipinski definition) is 6. The Hall–Kier alpha value is -2.74. The Morgan fingerprint density at radius 3 is 2.69 bits per heavy atom. The molecule has 2 aliphatic heterocycles. The van der Waals surface area contributed by atoms with Crippen molar-refractivity contribution in [2.75, 3.05) is 32.7 Å². The maximum absolute atomic E-state index is 13.0. The normalized spacial score (nSPS) is 20.8. The number of aryl methyl sites for hydroxylation is 2. The lowest BCUT2D eigenvalue weighted by Gasteiger charge is -2.36. The van der Waals surface area contributed by atoms with E-state index in [2.05, 4.69) is 22.0 Å². The van der Waals surface area contributed by atoms with E-state index in [-0.39, 0.29) is 11.8 Å². The van der Waals surface area contributed by atoms with E-state index in [1.807, 2.05) is 41.6 Å². The highest BCUT2D eigenvalue weighted by molar-refractivity contribution is 5.78. The number of piperidine rings is 2. The highest BCUT2D eigenvalue weighted by Crippen LogP contribution is 2.35. The average molecular weight is 437 g/mol. The van der Waals surface area contributed by atoms with Gasteiger partial charge in [0.2, 0.25) is 5.91 Å². The number of fused-ring (bicyclic) bond motifs is 1. The summed E-state index contributed by atoms with van der Waals surface area (Å²) in [6, 6.07) is 3.95. The van der Waals surface area contributed by atoms with Gasteiger partial charge in [-0.2, -0.15) is 5.10 Å². The van der Waals surface area contributed by atoms with E-state index in [0.29, 0.717) is 6.54 Å². The zero-order chi connectivity index (χ0) is 22.2. The predicted octanol–water partition coefficient (Wildman–Crippen LogP) is 3.44. The van der Waals surface area contributed by atoms with Gasteiger partial charge in [0.1, 0.15) is 0 Å². The first kappa shape index (κ1) is 21.1. The molecule has 170 valence electrons. The Bertz CT molecular complexity index is 1110. The molecule has 8 heteroatoms. The monoisotopic (exact) mass is 436 g/mol. The van der Waals surface area contributed by atoms with Crippen LogP contribution >= 0.6 is 0 Å². The van der Waals surface area contributed by atoms with Crippen molar-refractivity contribution in [2.24, 2.45) is 5.92 Å². The topological polar surface area (TPSA) is 79.8 Å². The van der Waals surface area contributed by atoms with Crippen molar-refractivity contribution in [3.8, 4) is 11.3 Å². The van der Waals surface area contributed by atoms with Crippen LogP contribution in [0.1, 0.15) is 55.6 Å². The highest BCUT2D eigenvalue weighted by atomic mass is 16.5. The summed E-state index contributed by atoms with van der Waals surface area (Å²) in [5.74, 6) is 1.94. The van der Waals surface area contributed by atoms with Gasteiger partial charge >= 0.3 is 0 Å². The summed E-state index contributed by atoms with van der Waals surface area (Å²) in [5, 5.41) is 8.83. The maximum atomic E-state index is 13.0. The fraction of sp³-hybridized carbons (Fsp3) is 0.583. The average Bonchev–Trinajstić information content (AvgIpc) is 3.38. The molecule has 2 fully saturated rings. The third kappa shape index (κ3) is 4.16. The van der Waals surface area contributed by atoms with E-state index in [4.69, 9.17) is 9.62 Å². The number of nitrogens with zero attached hydrogens (tertiary/aromatic N) is 6. The minimum Gasteiger partial charge on any atom is -0.356 e. The number of hydrogen-bond donors (Lipinski definition) is 0. The van der Waals surface area contributed by atoms with Crippen molar-refractivity contribution in [2.45, 2.75) is 52.4 Å². The fourth-order valence-corrected chi connectivity index (χ4v) is 5.11. The SMILES string of the molecule is Cc1cc(-c2cnc3cc(C)nn3c2C2CCCN(CC(=O)N3CCC(C)CC3)C2)on1. The Kier molecular flexibility index (Phi) is 5.71. The van der Waals surface area contributed by atoms with Gasteiger partial charge in [-0.05, 0) is 52.0 Å². The predicted molar refractivity (Wildman–Crippen MR) is 121 cm³/mol. The van der Waals surface area contributed by atoms with E-state index >= 15 is 0 Å². The smallest absolute Gasteiger partial charge is 0.236 e. The second-order valence-corrected chi connectivity index (χ2v) is 9.58. The van der Waals surface area contributed by atoms with Crippen LogP contribution in [0.25, 0.3) is 17.0 Å². The molecular formula is C24H32N6O2. The van der Waals surface area contributed by atoms with Gasteiger partial charge in [-0.15, -0.1) is 0 Å². The van der Waals surface area contributed by atoms with Crippen molar-refractivity contribution in [1.29, 1.82) is 0 Å². The number of rotatable bonds is 4. The zero-order valence-corrected chi connectivity index (χ0v) is 19.3. The standard InChI is InChI=1S/C24H32N6O2/c1-16-6-9-29(10-7-16)23(31)15-28-8-4-5-19(14-28)24-20(21-11-18(3)27-32-21)13-25-22-12-17(2)26-30(22)24/h11-13,16,19H,4-10,14-15H2,1-3H3. The van der Waals surface area contributed by atoms with Crippen LogP contribution in [0.4, 0.5) is 0 Å². The number of carbonyl (C=O) groups excluding carboxylic acids is 1. The van der Waals surface area contributed by atoms with Crippen LogP contribution in [0, 0.1) is 19.8 Å². The van der Waals surface area contributed by atoms with Crippen LogP contribution < -0.4 is 0 Å². The van der Waals surface area contributed by atoms with E-state index in [1.165, 1.54) is 0 Å². The molecule has 5 heterocycles. The second kappa shape index (κ2) is 8.65. The number of likely N-dealkylation sites (tertiary alicyclic amines) is 2. The first-order valence-corrected chi connectivity index (χ1v) is 11.8. The van der Waals surface area contributed by atoms with E-state index < -0.39 is 0 Å². The van der Waals surface area contributed by atoms with E-state index in [0.717, 1.165) is 91.8 Å². The Morgan fingerprint density at radius 1 is 1.12 bits per heavy atom. The van der Waals surface area contributed by atoms with Gasteiger partial charge in [-0.25, -0.2) is 9.50 Å². The third-order valence-corrected chi connectivity index (χ3v) is 6.92. The van der Waals surface area contributed by atoms with Gasteiger partial charge in [-0.1, -0.05) is 12.1 Å². The Balaban J connectivity index is 1.41. The minimum atomic E-state index is 0.239. The molecule has 0 aliphatic carbocycles. The molecule has 2 saturated heterocycles. The van der Waals surface area contributed by atoms with Gasteiger partial charge in [-0.3, -0.25) is 9.69 Å². The number of aromatic nitrogens is 4. The first-order valence-electron chi connectivity index (χ1n) is 11.8. The second-order valence-electron chi connectivity index (χ2n) is 9.58. The molecule has 0 saturated carbocycles. The molecule has 3 aromatic rings. The molecule has 1 amide bonds. The summed E-state index contributed by atoms with van der Waals surface area (Å²) in [6.45, 7) is 10.2. The van der Waals surface area contributed by atoms with Crippen LogP contribution in [0.5, 0.6) is 0 Å². The number of carbonyl (C=O) groups is 1. The fourth-order valence-electron chi connectivity index (χ4n) is 5.11. The summed E-state index contributed by atoms with van der Waals surface area (Å²) in [6.07, 6.45) is 6.20. The van der Waals surface area contributed by atoms with Crippen molar-refractivity contribution < 1.29 is 9.32 Å². The molecule has 2 aliphatic rings. The lowest BCUT2D eigenvalue weighted by Crippen LogP contribution is -2.46. The van der Waals surface area contributed by atoms with Crippen LogP contribution in [-0.2, 0) is 4.79 Å². The van der Waals surface area contributed by atoms with Gasteiger partial charge < -0.3 is 9.42 Å². The molecule has 0 aromatic carbocycles. The summed E-state index contributed by atoms with van der Waals surface area (Å²) in [7, 11) is 0. The van der Waals surface area contributed by atoms with E-state index in [9.17, 15) is 4.79 Å². The van der Waals surface area contributed by atoms with Crippen molar-refractivity contribution >= 4 is 11.6 Å². The zero-order valence-electron chi connectivity index (χ0n) is 19.3. The van der Waals surface area contributed by atoms with Crippen LogP contribution in [0.2, 0.25) is 0 Å². The number of amides is 1. The van der Waals surface area contributed by atoms with Crippen LogP contribution in [0.15, 0.2) is 22.9 Å². The highest BCUT2D eigenvalue weighted by Gasteiger charge is 2.30. The van der Waals surface area contributed by atoms with Crippen molar-refractivity contribution in [3.05, 3.63) is 35.4 Å². The van der Waals surface area contributed by atoms with Gasteiger partial charge in [0.25, 0.3) is 0 Å². The van der Waals surface area contributed by atoms with Crippen LogP contribution in [0.3, 0.4) is 0 Å². The Labute approximate surface area is 188 Å². The molecule has 0 spiro atoms. The van der Waals surface area contributed by atoms with Gasteiger partial charge in [0, 0.05) is 43.9 Å². The molecule has 5 rings (SSSR count). The molecule has 32 heavy (non-hydrogen) atoms. The van der Waals surface area contributed by atoms with Crippen molar-refractivity contribution in [1.82, 2.24) is 29.6 Å². The van der Waals surface area contributed by atoms with Crippen LogP contribution in [-0.4, -0.2) is 68.2 Å². The lowest BCUT2D eigenvalue weighted by molar-refractivity contribution is -0.134. The molecule has 3 aromatic heterocycles. The minimum absolute atomic E-state index is 0.239. The molecule has 1 atom stereocenters. The molecule has 8 nitrogen and oxygen atoms in total. The molecule has 0 N–H and O–H groups in total. The largest absolute Gasteiger partial charge is 0.356 e. The van der Waals surface area contributed by atoms with Crippen molar-refractivity contribution in [3.63, 3.8) is 0 Å². The summed E-state index contributed by atoms with van der Waals surface area (Å²) >= 11 is 0. The molecular weight excluding hydrogens is 404 g/mol. The Morgan fingerprint density at radius 2 is 1.94 bits per heavy atom. The molecule has 0 bridgehead atoms. The summed E-state index contributed by atoms with van der Waals surface area (Å²) in [5.41, 5.74) is 4.65. The lowest BCUT2D eigenvalue weighted by atomic mass is 9.91. The van der Waals surface area contributed by atoms with E-state index in [1.54, 1.807) is 0 Å². The first-order chi connectivity index (χ1) is 15.5. The summed E-state index contributed by atoms with van der Waals surface area (Å²) in [4.78, 5) is 21.9. The maximum Gasteiger partial charge on any atom is 0.236 e. The molecule has 0 radical (unpaired) electrons. The third-order valence-electron chi connectivity index (χ3n) is 6.92. The molecule has 1 unspecified atom stereocenters. The van der Waals surface area contributed by atoms with Gasteiger partial charge in [0.15, 0.2) is 11.4 Å². The summed E-state index contributed by atoms with van der Waals surface area (Å²) < 4.78 is 7.57. The quantitative estimate of drug-likeness (QED) is 0.623.